The first-order valence-corrected chi connectivity index (χ1v) is 11.3. The van der Waals surface area contributed by atoms with Gasteiger partial charge in [0.1, 0.15) is 17.0 Å². The van der Waals surface area contributed by atoms with Crippen molar-refractivity contribution in [3.63, 3.8) is 0 Å². The monoisotopic (exact) mass is 429 g/mol. The van der Waals surface area contributed by atoms with Crippen LogP contribution in [0.15, 0.2) is 67.3 Å². The number of piperidine rings is 1. The van der Waals surface area contributed by atoms with E-state index in [9.17, 15) is 4.79 Å². The second-order valence-electron chi connectivity index (χ2n) is 7.73. The van der Waals surface area contributed by atoms with Gasteiger partial charge >= 0.3 is 0 Å². The largest absolute Gasteiger partial charge is 0.356 e. The van der Waals surface area contributed by atoms with Crippen molar-refractivity contribution in [1.82, 2.24) is 20.3 Å². The summed E-state index contributed by atoms with van der Waals surface area (Å²) in [5, 5.41) is 4.14. The average Bonchev–Trinajstić information content (AvgIpc) is 3.28. The fourth-order valence-electron chi connectivity index (χ4n) is 4.03. The first kappa shape index (κ1) is 19.6. The van der Waals surface area contributed by atoms with Crippen LogP contribution in [0.4, 0.5) is 5.82 Å². The summed E-state index contributed by atoms with van der Waals surface area (Å²) in [5.74, 6) is 1.13. The minimum Gasteiger partial charge on any atom is -0.356 e. The molecular formula is C24H23N5OS. The lowest BCUT2D eigenvalue weighted by Gasteiger charge is -2.32. The molecule has 7 heteroatoms. The molecule has 31 heavy (non-hydrogen) atoms. The molecule has 0 radical (unpaired) electrons. The normalized spacial score (nSPS) is 14.6. The van der Waals surface area contributed by atoms with Gasteiger partial charge < -0.3 is 10.2 Å². The van der Waals surface area contributed by atoms with E-state index in [4.69, 9.17) is 0 Å². The second kappa shape index (κ2) is 8.81. The number of amides is 1. The molecule has 0 unspecified atom stereocenters. The Labute approximate surface area is 185 Å². The second-order valence-corrected chi connectivity index (χ2v) is 8.76. The van der Waals surface area contributed by atoms with Crippen molar-refractivity contribution in [1.29, 1.82) is 0 Å². The molecule has 1 aliphatic rings. The SMILES string of the molecule is O=C(NCc1cccnc1)C1CCN(c2ncnc3sc(-c4ccccc4)cc23)CC1. The molecule has 1 amide bonds. The van der Waals surface area contributed by atoms with Gasteiger partial charge in [0.15, 0.2) is 0 Å². The zero-order valence-electron chi connectivity index (χ0n) is 17.1. The Kier molecular flexibility index (Phi) is 5.58. The zero-order chi connectivity index (χ0) is 21.0. The molecule has 3 aromatic heterocycles. The van der Waals surface area contributed by atoms with Crippen molar-refractivity contribution >= 4 is 33.3 Å². The average molecular weight is 430 g/mol. The summed E-state index contributed by atoms with van der Waals surface area (Å²) in [4.78, 5) is 30.3. The molecule has 0 bridgehead atoms. The van der Waals surface area contributed by atoms with Crippen molar-refractivity contribution in [2.45, 2.75) is 19.4 Å². The third kappa shape index (κ3) is 4.27. The van der Waals surface area contributed by atoms with Gasteiger partial charge in [-0.2, -0.15) is 0 Å². The molecule has 6 nitrogen and oxygen atoms in total. The van der Waals surface area contributed by atoms with E-state index in [0.29, 0.717) is 6.54 Å². The van der Waals surface area contributed by atoms with Crippen LogP contribution in [0, 0.1) is 5.92 Å². The number of thiophene rings is 1. The Balaban J connectivity index is 1.26. The summed E-state index contributed by atoms with van der Waals surface area (Å²) < 4.78 is 0. The van der Waals surface area contributed by atoms with Crippen molar-refractivity contribution in [3.05, 3.63) is 72.8 Å². The molecule has 4 aromatic rings. The van der Waals surface area contributed by atoms with Crippen LogP contribution in [-0.4, -0.2) is 33.9 Å². The lowest BCUT2D eigenvalue weighted by Crippen LogP contribution is -2.40. The summed E-state index contributed by atoms with van der Waals surface area (Å²) in [5.41, 5.74) is 2.21. The Bertz CT molecular complexity index is 1170. The lowest BCUT2D eigenvalue weighted by molar-refractivity contribution is -0.125. The standard InChI is InChI=1S/C24H23N5OS/c30-23(26-15-17-5-4-10-25-14-17)19-8-11-29(12-9-19)22-20-13-21(18-6-2-1-3-7-18)31-24(20)28-16-27-22/h1-7,10,13-14,16,19H,8-9,11-12,15H2,(H,26,30). The molecule has 1 saturated heterocycles. The van der Waals surface area contributed by atoms with E-state index in [0.717, 1.165) is 47.5 Å². The molecule has 156 valence electrons. The van der Waals surface area contributed by atoms with Gasteiger partial charge in [0.25, 0.3) is 0 Å². The van der Waals surface area contributed by atoms with E-state index in [1.165, 1.54) is 10.4 Å². The highest BCUT2D eigenvalue weighted by Gasteiger charge is 2.26. The third-order valence-electron chi connectivity index (χ3n) is 5.72. The maximum atomic E-state index is 12.6. The molecule has 1 aliphatic heterocycles. The van der Waals surface area contributed by atoms with Crippen LogP contribution >= 0.6 is 11.3 Å². The smallest absolute Gasteiger partial charge is 0.223 e. The van der Waals surface area contributed by atoms with Crippen LogP contribution in [0.3, 0.4) is 0 Å². The molecule has 1 fully saturated rings. The quantitative estimate of drug-likeness (QED) is 0.513. The highest BCUT2D eigenvalue weighted by Crippen LogP contribution is 2.37. The fourth-order valence-corrected chi connectivity index (χ4v) is 5.03. The van der Waals surface area contributed by atoms with Gasteiger partial charge in [0.2, 0.25) is 5.91 Å². The van der Waals surface area contributed by atoms with Crippen LogP contribution in [-0.2, 0) is 11.3 Å². The lowest BCUT2D eigenvalue weighted by atomic mass is 9.95. The number of nitrogens with one attached hydrogen (secondary N) is 1. The van der Waals surface area contributed by atoms with Gasteiger partial charge in [-0.15, -0.1) is 11.3 Å². The van der Waals surface area contributed by atoms with E-state index in [1.54, 1.807) is 30.1 Å². The summed E-state index contributed by atoms with van der Waals surface area (Å²) in [6, 6.07) is 16.4. The van der Waals surface area contributed by atoms with E-state index in [1.807, 2.05) is 18.2 Å². The topological polar surface area (TPSA) is 71.0 Å². The summed E-state index contributed by atoms with van der Waals surface area (Å²) in [6.07, 6.45) is 6.81. The molecule has 0 saturated carbocycles. The molecule has 5 rings (SSSR count). The Morgan fingerprint density at radius 1 is 1.10 bits per heavy atom. The van der Waals surface area contributed by atoms with Gasteiger partial charge in [0.05, 0.1) is 5.39 Å². The van der Waals surface area contributed by atoms with Gasteiger partial charge in [-0.05, 0) is 36.1 Å². The van der Waals surface area contributed by atoms with Crippen LogP contribution in [0.2, 0.25) is 0 Å². The zero-order valence-corrected chi connectivity index (χ0v) is 17.9. The number of rotatable bonds is 5. The molecule has 1 aromatic carbocycles. The first-order chi connectivity index (χ1) is 15.3. The van der Waals surface area contributed by atoms with E-state index >= 15 is 0 Å². The number of carbonyl (C=O) groups excluding carboxylic acids is 1. The van der Waals surface area contributed by atoms with E-state index in [-0.39, 0.29) is 11.8 Å². The number of benzene rings is 1. The number of hydrogen-bond donors (Lipinski definition) is 1. The third-order valence-corrected chi connectivity index (χ3v) is 6.81. The number of hydrogen-bond acceptors (Lipinski definition) is 6. The maximum absolute atomic E-state index is 12.6. The summed E-state index contributed by atoms with van der Waals surface area (Å²) in [7, 11) is 0. The van der Waals surface area contributed by atoms with Crippen LogP contribution in [0.1, 0.15) is 18.4 Å². The predicted molar refractivity (Wildman–Crippen MR) is 124 cm³/mol. The number of pyridine rings is 1. The molecular weight excluding hydrogens is 406 g/mol. The van der Waals surface area contributed by atoms with E-state index in [2.05, 4.69) is 55.5 Å². The highest BCUT2D eigenvalue weighted by atomic mass is 32.1. The summed E-state index contributed by atoms with van der Waals surface area (Å²) in [6.45, 7) is 2.15. The van der Waals surface area contributed by atoms with Crippen LogP contribution in [0.5, 0.6) is 0 Å². The fraction of sp³-hybridized carbons (Fsp3) is 0.250. The molecule has 0 aliphatic carbocycles. The number of anilines is 1. The molecule has 0 atom stereocenters. The predicted octanol–water partition coefficient (Wildman–Crippen LogP) is 4.29. The number of nitrogens with zero attached hydrogens (tertiary/aromatic N) is 4. The Hall–Kier alpha value is -3.32. The van der Waals surface area contributed by atoms with Crippen molar-refractivity contribution in [3.8, 4) is 10.4 Å². The van der Waals surface area contributed by atoms with Crippen LogP contribution < -0.4 is 10.2 Å². The Morgan fingerprint density at radius 3 is 2.71 bits per heavy atom. The number of fused-ring (bicyclic) bond motifs is 1. The van der Waals surface area contributed by atoms with E-state index < -0.39 is 0 Å². The summed E-state index contributed by atoms with van der Waals surface area (Å²) >= 11 is 1.69. The molecule has 4 heterocycles. The van der Waals surface area contributed by atoms with Crippen molar-refractivity contribution in [2.24, 2.45) is 5.92 Å². The van der Waals surface area contributed by atoms with Crippen LogP contribution in [0.25, 0.3) is 20.7 Å². The Morgan fingerprint density at radius 2 is 1.94 bits per heavy atom. The number of aromatic nitrogens is 3. The number of carbonyl (C=O) groups is 1. The highest BCUT2D eigenvalue weighted by molar-refractivity contribution is 7.21. The minimum absolute atomic E-state index is 0.0348. The molecule has 0 spiro atoms. The molecule has 1 N–H and O–H groups in total. The van der Waals surface area contributed by atoms with Gasteiger partial charge in [-0.25, -0.2) is 9.97 Å². The van der Waals surface area contributed by atoms with Gasteiger partial charge in [-0.3, -0.25) is 9.78 Å². The van der Waals surface area contributed by atoms with Crippen molar-refractivity contribution < 1.29 is 4.79 Å². The van der Waals surface area contributed by atoms with Crippen molar-refractivity contribution in [2.75, 3.05) is 18.0 Å². The first-order valence-electron chi connectivity index (χ1n) is 10.5. The van der Waals surface area contributed by atoms with Gasteiger partial charge in [0, 0.05) is 42.8 Å². The minimum atomic E-state index is 0.0348. The van der Waals surface area contributed by atoms with Gasteiger partial charge in [-0.1, -0.05) is 36.4 Å². The maximum Gasteiger partial charge on any atom is 0.223 e.